The summed E-state index contributed by atoms with van der Waals surface area (Å²) in [6, 6.07) is 12.9. The molecule has 3 rings (SSSR count). The van der Waals surface area contributed by atoms with Crippen LogP contribution in [0.15, 0.2) is 48.5 Å². The molecule has 1 fully saturated rings. The number of ether oxygens (including phenoxy) is 1. The average molecular weight is 356 g/mol. The van der Waals surface area contributed by atoms with Crippen molar-refractivity contribution in [2.24, 2.45) is 5.92 Å². The molecule has 0 spiro atoms. The summed E-state index contributed by atoms with van der Waals surface area (Å²) < 4.78 is 18.4. The zero-order chi connectivity index (χ0) is 18.5. The van der Waals surface area contributed by atoms with Crippen LogP contribution in [-0.2, 0) is 16.1 Å². The number of halogens is 1. The van der Waals surface area contributed by atoms with E-state index in [0.717, 1.165) is 24.1 Å². The Labute approximate surface area is 151 Å². The molecule has 2 aromatic rings. The van der Waals surface area contributed by atoms with Crippen molar-refractivity contribution in [2.45, 2.75) is 32.4 Å². The lowest BCUT2D eigenvalue weighted by molar-refractivity contribution is -0.127. The molecule has 1 aliphatic rings. The van der Waals surface area contributed by atoms with Gasteiger partial charge in [-0.2, -0.15) is 0 Å². The smallest absolute Gasteiger partial charge is 0.261 e. The van der Waals surface area contributed by atoms with Crippen molar-refractivity contribution >= 4 is 17.5 Å². The zero-order valence-corrected chi connectivity index (χ0v) is 14.5. The molecule has 0 bridgehead atoms. The fourth-order valence-corrected chi connectivity index (χ4v) is 2.45. The Bertz CT molecular complexity index is 788. The zero-order valence-electron chi connectivity index (χ0n) is 14.5. The predicted octanol–water partition coefficient (Wildman–Crippen LogP) is 3.26. The molecule has 0 aromatic heterocycles. The van der Waals surface area contributed by atoms with Gasteiger partial charge in [0, 0.05) is 18.2 Å². The van der Waals surface area contributed by atoms with Crippen molar-refractivity contribution in [1.29, 1.82) is 0 Å². The minimum atomic E-state index is -0.710. The molecular formula is C20H21FN2O3. The molecule has 0 heterocycles. The second-order valence-corrected chi connectivity index (χ2v) is 6.40. The van der Waals surface area contributed by atoms with Crippen LogP contribution in [0, 0.1) is 11.7 Å². The molecule has 6 heteroatoms. The van der Waals surface area contributed by atoms with Crippen LogP contribution in [-0.4, -0.2) is 17.9 Å². The van der Waals surface area contributed by atoms with Crippen molar-refractivity contribution in [3.8, 4) is 5.75 Å². The molecule has 2 N–H and O–H groups in total. The van der Waals surface area contributed by atoms with E-state index >= 15 is 0 Å². The Hall–Kier alpha value is -2.89. The van der Waals surface area contributed by atoms with E-state index in [2.05, 4.69) is 10.6 Å². The molecule has 2 aromatic carbocycles. The van der Waals surface area contributed by atoms with Gasteiger partial charge in [-0.25, -0.2) is 4.39 Å². The maximum Gasteiger partial charge on any atom is 0.261 e. The van der Waals surface area contributed by atoms with Gasteiger partial charge in [0.25, 0.3) is 5.91 Å². The van der Waals surface area contributed by atoms with Gasteiger partial charge in [0.15, 0.2) is 6.10 Å². The number of benzene rings is 2. The largest absolute Gasteiger partial charge is 0.481 e. The van der Waals surface area contributed by atoms with Gasteiger partial charge in [-0.15, -0.1) is 0 Å². The highest BCUT2D eigenvalue weighted by Gasteiger charge is 2.29. The van der Waals surface area contributed by atoms with Crippen LogP contribution in [0.3, 0.4) is 0 Å². The first-order chi connectivity index (χ1) is 12.5. The Balaban J connectivity index is 1.50. The van der Waals surface area contributed by atoms with Gasteiger partial charge in [-0.3, -0.25) is 9.59 Å². The minimum Gasteiger partial charge on any atom is -0.481 e. The molecule has 5 nitrogen and oxygen atoms in total. The van der Waals surface area contributed by atoms with Crippen molar-refractivity contribution < 1.29 is 18.7 Å². The lowest BCUT2D eigenvalue weighted by Crippen LogP contribution is -2.35. The van der Waals surface area contributed by atoms with Crippen molar-refractivity contribution in [3.63, 3.8) is 0 Å². The second-order valence-electron chi connectivity index (χ2n) is 6.40. The average Bonchev–Trinajstić information content (AvgIpc) is 3.47. The van der Waals surface area contributed by atoms with Gasteiger partial charge < -0.3 is 15.4 Å². The Morgan fingerprint density at radius 2 is 1.92 bits per heavy atom. The molecule has 1 aliphatic carbocycles. The molecule has 136 valence electrons. The van der Waals surface area contributed by atoms with Crippen LogP contribution >= 0.6 is 0 Å². The summed E-state index contributed by atoms with van der Waals surface area (Å²) in [5, 5.41) is 5.68. The van der Waals surface area contributed by atoms with Gasteiger partial charge in [0.2, 0.25) is 5.91 Å². The van der Waals surface area contributed by atoms with Crippen LogP contribution in [0.2, 0.25) is 0 Å². The van der Waals surface area contributed by atoms with E-state index in [1.807, 2.05) is 24.3 Å². The quantitative estimate of drug-likeness (QED) is 0.800. The molecule has 0 aliphatic heterocycles. The van der Waals surface area contributed by atoms with E-state index in [1.54, 1.807) is 6.92 Å². The molecule has 26 heavy (non-hydrogen) atoms. The topological polar surface area (TPSA) is 67.4 Å². The van der Waals surface area contributed by atoms with E-state index in [0.29, 0.717) is 12.3 Å². The fraction of sp³-hybridized carbons (Fsp3) is 0.300. The van der Waals surface area contributed by atoms with Gasteiger partial charge >= 0.3 is 0 Å². The highest BCUT2D eigenvalue weighted by atomic mass is 19.1. The maximum atomic E-state index is 12.9. The number of anilines is 1. The van der Waals surface area contributed by atoms with Crippen LogP contribution < -0.4 is 15.4 Å². The van der Waals surface area contributed by atoms with E-state index in [-0.39, 0.29) is 23.5 Å². The van der Waals surface area contributed by atoms with Gasteiger partial charge in [-0.1, -0.05) is 12.1 Å². The van der Waals surface area contributed by atoms with Gasteiger partial charge in [0.1, 0.15) is 11.6 Å². The van der Waals surface area contributed by atoms with Crippen LogP contribution in [0.4, 0.5) is 10.1 Å². The highest BCUT2D eigenvalue weighted by Crippen LogP contribution is 2.30. The molecule has 2 amide bonds. The highest BCUT2D eigenvalue weighted by molar-refractivity contribution is 5.94. The lowest BCUT2D eigenvalue weighted by atomic mass is 10.2. The summed E-state index contributed by atoms with van der Waals surface area (Å²) >= 11 is 0. The molecular weight excluding hydrogens is 335 g/mol. The number of nitrogens with one attached hydrogen (secondary N) is 2. The van der Waals surface area contributed by atoms with Crippen LogP contribution in [0.25, 0.3) is 0 Å². The van der Waals surface area contributed by atoms with Crippen LogP contribution in [0.5, 0.6) is 5.75 Å². The number of amides is 2. The van der Waals surface area contributed by atoms with E-state index in [1.165, 1.54) is 24.3 Å². The summed E-state index contributed by atoms with van der Waals surface area (Å²) in [5.74, 6) is -0.0148. The first kappa shape index (κ1) is 17.9. The molecule has 1 atom stereocenters. The van der Waals surface area contributed by atoms with Crippen LogP contribution in [0.1, 0.15) is 25.3 Å². The third-order valence-electron chi connectivity index (χ3n) is 4.11. The normalized spacial score (nSPS) is 14.4. The second kappa shape index (κ2) is 7.99. The van der Waals surface area contributed by atoms with Crippen molar-refractivity contribution in [2.75, 3.05) is 5.32 Å². The molecule has 0 unspecified atom stereocenters. The summed E-state index contributed by atoms with van der Waals surface area (Å²) in [4.78, 5) is 24.0. The lowest BCUT2D eigenvalue weighted by Gasteiger charge is -2.15. The number of carbonyl (C=O) groups excluding carboxylic acids is 2. The van der Waals surface area contributed by atoms with E-state index in [9.17, 15) is 14.0 Å². The third kappa shape index (κ3) is 5.05. The number of rotatable bonds is 7. The van der Waals surface area contributed by atoms with E-state index < -0.39 is 6.10 Å². The Morgan fingerprint density at radius 3 is 2.62 bits per heavy atom. The van der Waals surface area contributed by atoms with Gasteiger partial charge in [0.05, 0.1) is 0 Å². The first-order valence-corrected chi connectivity index (χ1v) is 8.61. The molecule has 1 saturated carbocycles. The Morgan fingerprint density at radius 1 is 1.19 bits per heavy atom. The van der Waals surface area contributed by atoms with Gasteiger partial charge in [-0.05, 0) is 61.7 Å². The van der Waals surface area contributed by atoms with Crippen molar-refractivity contribution in [3.05, 3.63) is 59.9 Å². The first-order valence-electron chi connectivity index (χ1n) is 8.61. The maximum absolute atomic E-state index is 12.9. The summed E-state index contributed by atoms with van der Waals surface area (Å²) in [7, 11) is 0. The third-order valence-corrected chi connectivity index (χ3v) is 4.11. The minimum absolute atomic E-state index is 0.0486. The summed E-state index contributed by atoms with van der Waals surface area (Å²) in [6.45, 7) is 1.95. The fourth-order valence-electron chi connectivity index (χ4n) is 2.45. The van der Waals surface area contributed by atoms with E-state index in [4.69, 9.17) is 4.74 Å². The van der Waals surface area contributed by atoms with Crippen molar-refractivity contribution in [1.82, 2.24) is 5.32 Å². The summed E-state index contributed by atoms with van der Waals surface area (Å²) in [5.41, 5.74) is 1.60. The number of carbonyl (C=O) groups is 2. The standard InChI is InChI=1S/C20H21FN2O3/c1-13(26-18-9-7-16(21)8-10-18)19(24)22-12-14-3-2-4-17(11-14)23-20(25)15-5-6-15/h2-4,7-11,13,15H,5-6,12H2,1H3,(H,22,24)(H,23,25)/t13-/m0/s1. The monoisotopic (exact) mass is 356 g/mol. The summed E-state index contributed by atoms with van der Waals surface area (Å²) in [6.07, 6.45) is 1.19. The number of hydrogen-bond donors (Lipinski definition) is 2. The predicted molar refractivity (Wildman–Crippen MR) is 96.1 cm³/mol. The molecule has 0 radical (unpaired) electrons. The number of hydrogen-bond acceptors (Lipinski definition) is 3. The molecule has 0 saturated heterocycles. The Kier molecular flexibility index (Phi) is 5.51. The SMILES string of the molecule is C[C@H](Oc1ccc(F)cc1)C(=O)NCc1cccc(NC(=O)C2CC2)c1.